The average molecular weight is 390 g/mol. The summed E-state index contributed by atoms with van der Waals surface area (Å²) in [4.78, 5) is 12.1. The third-order valence-electron chi connectivity index (χ3n) is 4.30. The van der Waals surface area contributed by atoms with Gasteiger partial charge < -0.3 is 24.4 Å². The number of aromatic nitrogens is 2. The topological polar surface area (TPSA) is 111 Å². The summed E-state index contributed by atoms with van der Waals surface area (Å²) in [5.74, 6) is -0.892. The fourth-order valence-corrected chi connectivity index (χ4v) is 3.51. The van der Waals surface area contributed by atoms with Gasteiger partial charge in [0.05, 0.1) is 39.5 Å². The van der Waals surface area contributed by atoms with E-state index in [-0.39, 0.29) is 29.4 Å². The molecule has 0 spiro atoms. The number of rotatable bonds is 6. The molecule has 1 aromatic heterocycles. The van der Waals surface area contributed by atoms with Crippen LogP contribution < -0.4 is 9.47 Å². The van der Waals surface area contributed by atoms with Gasteiger partial charge in [-0.05, 0) is 29.8 Å². The highest BCUT2D eigenvalue weighted by Crippen LogP contribution is 2.44. The fraction of sp³-hybridized carbons (Fsp3) is 0.278. The second-order valence-corrected chi connectivity index (χ2v) is 6.27. The highest BCUT2D eigenvalue weighted by molar-refractivity contribution is 7.00. The number of benzene rings is 2. The van der Waals surface area contributed by atoms with E-state index in [9.17, 15) is 15.0 Å². The Bertz CT molecular complexity index is 962. The zero-order chi connectivity index (χ0) is 19.6. The monoisotopic (exact) mass is 390 g/mol. The van der Waals surface area contributed by atoms with Crippen LogP contribution in [0.2, 0.25) is 0 Å². The van der Waals surface area contributed by atoms with Crippen molar-refractivity contribution in [1.82, 2.24) is 8.75 Å². The minimum absolute atomic E-state index is 0.0184. The molecule has 0 aliphatic rings. The number of methoxy groups -OCH3 is 3. The van der Waals surface area contributed by atoms with Gasteiger partial charge >= 0.3 is 5.97 Å². The number of esters is 1. The lowest BCUT2D eigenvalue weighted by molar-refractivity contribution is -0.140. The Labute approximate surface area is 159 Å². The van der Waals surface area contributed by atoms with Gasteiger partial charge in [0.2, 0.25) is 5.75 Å². The number of aromatic hydroxyl groups is 2. The average Bonchev–Trinajstić information content (AvgIpc) is 3.15. The van der Waals surface area contributed by atoms with Crippen LogP contribution in [0, 0.1) is 0 Å². The van der Waals surface area contributed by atoms with Crippen molar-refractivity contribution in [2.24, 2.45) is 0 Å². The second-order valence-electron chi connectivity index (χ2n) is 5.74. The highest BCUT2D eigenvalue weighted by atomic mass is 32.1. The van der Waals surface area contributed by atoms with Crippen molar-refractivity contribution >= 4 is 28.7 Å². The second kappa shape index (κ2) is 7.67. The van der Waals surface area contributed by atoms with Gasteiger partial charge in [0.1, 0.15) is 16.8 Å². The van der Waals surface area contributed by atoms with E-state index >= 15 is 0 Å². The van der Waals surface area contributed by atoms with E-state index in [0.29, 0.717) is 22.2 Å². The van der Waals surface area contributed by atoms with Gasteiger partial charge in [0, 0.05) is 11.5 Å². The number of fused-ring (bicyclic) bond motifs is 1. The van der Waals surface area contributed by atoms with Crippen molar-refractivity contribution < 1.29 is 29.2 Å². The smallest absolute Gasteiger partial charge is 0.306 e. The Morgan fingerprint density at radius 3 is 2.37 bits per heavy atom. The number of hydrogen-bond donors (Lipinski definition) is 2. The van der Waals surface area contributed by atoms with Gasteiger partial charge in [-0.15, -0.1) is 0 Å². The van der Waals surface area contributed by atoms with Gasteiger partial charge in [0.25, 0.3) is 0 Å². The van der Waals surface area contributed by atoms with Crippen LogP contribution in [0.3, 0.4) is 0 Å². The first-order valence-corrected chi connectivity index (χ1v) is 8.69. The maximum absolute atomic E-state index is 12.1. The lowest BCUT2D eigenvalue weighted by atomic mass is 9.86. The van der Waals surface area contributed by atoms with Crippen molar-refractivity contribution in [1.29, 1.82) is 0 Å². The third-order valence-corrected chi connectivity index (χ3v) is 4.84. The van der Waals surface area contributed by atoms with Crippen LogP contribution in [-0.2, 0) is 9.53 Å². The summed E-state index contributed by atoms with van der Waals surface area (Å²) in [7, 11) is 4.12. The minimum Gasteiger partial charge on any atom is -0.508 e. The molecule has 0 aliphatic heterocycles. The van der Waals surface area contributed by atoms with E-state index in [1.807, 2.05) is 0 Å². The van der Waals surface area contributed by atoms with Crippen LogP contribution in [0.5, 0.6) is 23.0 Å². The molecule has 1 heterocycles. The fourth-order valence-electron chi connectivity index (χ4n) is 2.96. The van der Waals surface area contributed by atoms with Gasteiger partial charge in [0.15, 0.2) is 11.5 Å². The van der Waals surface area contributed by atoms with Crippen LogP contribution in [-0.4, -0.2) is 46.3 Å². The predicted molar refractivity (Wildman–Crippen MR) is 98.8 cm³/mol. The van der Waals surface area contributed by atoms with Gasteiger partial charge in [-0.3, -0.25) is 4.79 Å². The number of nitrogens with zero attached hydrogens (tertiary/aromatic N) is 2. The normalized spacial score (nSPS) is 12.0. The number of phenolic OH excluding ortho intramolecular Hbond substituents is 2. The van der Waals surface area contributed by atoms with Crippen LogP contribution in [0.1, 0.15) is 23.5 Å². The molecular formula is C18H18N2O6S. The zero-order valence-electron chi connectivity index (χ0n) is 14.9. The largest absolute Gasteiger partial charge is 0.508 e. The van der Waals surface area contributed by atoms with E-state index in [1.54, 1.807) is 18.2 Å². The molecule has 0 unspecified atom stereocenters. The number of hydrogen-bond acceptors (Lipinski definition) is 9. The first kappa shape index (κ1) is 18.7. The van der Waals surface area contributed by atoms with E-state index in [1.165, 1.54) is 27.4 Å². The molecule has 142 valence electrons. The van der Waals surface area contributed by atoms with Crippen LogP contribution in [0.15, 0.2) is 24.3 Å². The quantitative estimate of drug-likeness (QED) is 0.618. The standard InChI is InChI=1S/C18H18N2O6S/c1-24-13-6-9(7-14(25-2)18(13)23)10(8-15(22)26-3)16-12(21)5-4-11-17(16)20-27-19-11/h4-7,10,21,23H,8H2,1-3H3/t10-/m1/s1. The highest BCUT2D eigenvalue weighted by Gasteiger charge is 2.27. The minimum atomic E-state index is -0.617. The van der Waals surface area contributed by atoms with Crippen LogP contribution in [0.25, 0.3) is 11.0 Å². The lowest BCUT2D eigenvalue weighted by Crippen LogP contribution is -2.11. The molecule has 0 bridgehead atoms. The molecule has 8 nitrogen and oxygen atoms in total. The Hall–Kier alpha value is -3.07. The van der Waals surface area contributed by atoms with E-state index < -0.39 is 11.9 Å². The summed E-state index contributed by atoms with van der Waals surface area (Å²) >= 11 is 1.01. The first-order valence-electron chi connectivity index (χ1n) is 7.96. The Balaban J connectivity index is 2.25. The van der Waals surface area contributed by atoms with E-state index in [4.69, 9.17) is 14.2 Å². The summed E-state index contributed by atoms with van der Waals surface area (Å²) < 4.78 is 23.7. The Kier molecular flexibility index (Phi) is 5.31. The summed E-state index contributed by atoms with van der Waals surface area (Å²) in [6.45, 7) is 0. The molecule has 27 heavy (non-hydrogen) atoms. The molecule has 1 atom stereocenters. The maximum Gasteiger partial charge on any atom is 0.306 e. The zero-order valence-corrected chi connectivity index (χ0v) is 15.7. The molecule has 0 saturated carbocycles. The molecular weight excluding hydrogens is 372 g/mol. The summed E-state index contributed by atoms with van der Waals surface area (Å²) in [5.41, 5.74) is 2.14. The first-order chi connectivity index (χ1) is 13.0. The Morgan fingerprint density at radius 1 is 1.11 bits per heavy atom. The van der Waals surface area contributed by atoms with Crippen LogP contribution >= 0.6 is 11.7 Å². The molecule has 0 amide bonds. The van der Waals surface area contributed by atoms with Crippen molar-refractivity contribution in [3.8, 4) is 23.0 Å². The molecule has 3 rings (SSSR count). The lowest BCUT2D eigenvalue weighted by Gasteiger charge is -2.20. The molecule has 3 aromatic rings. The number of phenols is 2. The molecule has 0 radical (unpaired) electrons. The van der Waals surface area contributed by atoms with Gasteiger partial charge in [-0.1, -0.05) is 0 Å². The molecule has 0 fully saturated rings. The van der Waals surface area contributed by atoms with Crippen LogP contribution in [0.4, 0.5) is 0 Å². The molecule has 0 aliphatic carbocycles. The predicted octanol–water partition coefficient (Wildman–Crippen LogP) is 2.81. The van der Waals surface area contributed by atoms with E-state index in [2.05, 4.69) is 8.75 Å². The molecule has 9 heteroatoms. The third kappa shape index (κ3) is 3.45. The number of carbonyl (C=O) groups is 1. The van der Waals surface area contributed by atoms with E-state index in [0.717, 1.165) is 11.7 Å². The summed E-state index contributed by atoms with van der Waals surface area (Å²) in [6.07, 6.45) is -0.0578. The van der Waals surface area contributed by atoms with Crippen molar-refractivity contribution in [3.05, 3.63) is 35.4 Å². The van der Waals surface area contributed by atoms with Crippen molar-refractivity contribution in [2.45, 2.75) is 12.3 Å². The SMILES string of the molecule is COC(=O)C[C@H](c1cc(OC)c(O)c(OC)c1)c1c(O)ccc2nsnc12. The summed E-state index contributed by atoms with van der Waals surface area (Å²) in [5, 5.41) is 20.7. The number of ether oxygens (including phenoxy) is 3. The molecule has 2 aromatic carbocycles. The van der Waals surface area contributed by atoms with Crippen molar-refractivity contribution in [3.63, 3.8) is 0 Å². The van der Waals surface area contributed by atoms with Gasteiger partial charge in [-0.2, -0.15) is 8.75 Å². The van der Waals surface area contributed by atoms with Crippen molar-refractivity contribution in [2.75, 3.05) is 21.3 Å². The molecule has 0 saturated heterocycles. The Morgan fingerprint density at radius 2 is 1.78 bits per heavy atom. The molecule has 2 N–H and O–H groups in total. The maximum atomic E-state index is 12.1. The summed E-state index contributed by atoms with van der Waals surface area (Å²) in [6, 6.07) is 6.34. The van der Waals surface area contributed by atoms with Gasteiger partial charge in [-0.25, -0.2) is 0 Å². The number of carbonyl (C=O) groups excluding carboxylic acids is 1.